The lowest BCUT2D eigenvalue weighted by Gasteiger charge is -2.12. The number of nitrogens with two attached hydrogens (primary N) is 1. The Kier molecular flexibility index (Phi) is 4.29. The molecule has 1 atom stereocenters. The Morgan fingerprint density at radius 1 is 1.41 bits per heavy atom. The van der Waals surface area contributed by atoms with Crippen LogP contribution in [0.2, 0.25) is 0 Å². The number of primary sulfonamides is 1. The van der Waals surface area contributed by atoms with Crippen molar-refractivity contribution in [2.24, 2.45) is 5.14 Å². The second-order valence-corrected chi connectivity index (χ2v) is 5.00. The summed E-state index contributed by atoms with van der Waals surface area (Å²) in [5, 5.41) is 34.7. The first-order valence-electron chi connectivity index (χ1n) is 4.73. The lowest BCUT2D eigenvalue weighted by atomic mass is 10.2. The van der Waals surface area contributed by atoms with Crippen LogP contribution in [0.25, 0.3) is 0 Å². The molecule has 17 heavy (non-hydrogen) atoms. The summed E-state index contributed by atoms with van der Waals surface area (Å²) in [5.74, 6) is -0.304. The molecule has 0 saturated heterocycles. The first kappa shape index (κ1) is 13.7. The first-order chi connectivity index (χ1) is 7.84. The van der Waals surface area contributed by atoms with Gasteiger partial charge in [0.15, 0.2) is 0 Å². The van der Waals surface area contributed by atoms with Crippen LogP contribution in [0.4, 0.5) is 5.69 Å². The molecule has 1 aromatic carbocycles. The van der Waals surface area contributed by atoms with Gasteiger partial charge in [-0.2, -0.15) is 0 Å². The molecule has 96 valence electrons. The summed E-state index contributed by atoms with van der Waals surface area (Å²) >= 11 is 0. The molecule has 0 aromatic heterocycles. The van der Waals surface area contributed by atoms with Crippen molar-refractivity contribution in [1.29, 1.82) is 0 Å². The number of aromatic hydroxyl groups is 1. The van der Waals surface area contributed by atoms with Crippen LogP contribution in [-0.2, 0) is 10.0 Å². The van der Waals surface area contributed by atoms with Gasteiger partial charge in [-0.25, -0.2) is 13.6 Å². The lowest BCUT2D eigenvalue weighted by molar-refractivity contribution is 0.105. The number of phenolic OH excluding ortho intramolecular Hbond substituents is 1. The van der Waals surface area contributed by atoms with Gasteiger partial charge in [0.05, 0.1) is 23.3 Å². The SMILES string of the molecule is NS(=O)(=O)c1ccc(NCC(O)CO)c(O)c1. The van der Waals surface area contributed by atoms with Gasteiger partial charge < -0.3 is 20.6 Å². The van der Waals surface area contributed by atoms with Crippen molar-refractivity contribution in [3.63, 3.8) is 0 Å². The zero-order valence-electron chi connectivity index (χ0n) is 8.87. The van der Waals surface area contributed by atoms with Crippen molar-refractivity contribution < 1.29 is 23.7 Å². The fraction of sp³-hybridized carbons (Fsp3) is 0.333. The molecule has 7 nitrogen and oxygen atoms in total. The highest BCUT2D eigenvalue weighted by atomic mass is 32.2. The van der Waals surface area contributed by atoms with E-state index in [0.29, 0.717) is 0 Å². The quantitative estimate of drug-likeness (QED) is 0.423. The molecule has 0 aliphatic carbocycles. The summed E-state index contributed by atoms with van der Waals surface area (Å²) < 4.78 is 22.0. The molecule has 0 amide bonds. The van der Waals surface area contributed by atoms with Gasteiger partial charge in [0.25, 0.3) is 0 Å². The zero-order valence-corrected chi connectivity index (χ0v) is 9.68. The Bertz CT molecular complexity index is 488. The Balaban J connectivity index is 2.84. The van der Waals surface area contributed by atoms with Crippen LogP contribution < -0.4 is 10.5 Å². The number of nitrogens with one attached hydrogen (secondary N) is 1. The monoisotopic (exact) mass is 262 g/mol. The van der Waals surface area contributed by atoms with E-state index in [2.05, 4.69) is 5.32 Å². The van der Waals surface area contributed by atoms with E-state index in [1.165, 1.54) is 12.1 Å². The summed E-state index contributed by atoms with van der Waals surface area (Å²) in [6, 6.07) is 3.55. The molecule has 1 aromatic rings. The number of aliphatic hydroxyl groups is 2. The van der Waals surface area contributed by atoms with E-state index in [4.69, 9.17) is 15.4 Å². The second-order valence-electron chi connectivity index (χ2n) is 3.44. The molecular formula is C9H14N2O5S. The minimum atomic E-state index is -3.86. The van der Waals surface area contributed by atoms with Crippen LogP contribution in [0.1, 0.15) is 0 Å². The summed E-state index contributed by atoms with van der Waals surface area (Å²) in [6.07, 6.45) is -0.965. The predicted molar refractivity (Wildman–Crippen MR) is 61.1 cm³/mol. The maximum Gasteiger partial charge on any atom is 0.238 e. The predicted octanol–water partition coefficient (Wildman–Crippen LogP) is -1.20. The normalized spacial score (nSPS) is 13.4. The number of anilines is 1. The van der Waals surface area contributed by atoms with Crippen molar-refractivity contribution in [1.82, 2.24) is 0 Å². The van der Waals surface area contributed by atoms with E-state index >= 15 is 0 Å². The molecular weight excluding hydrogens is 248 g/mol. The van der Waals surface area contributed by atoms with Crippen molar-refractivity contribution in [2.45, 2.75) is 11.0 Å². The van der Waals surface area contributed by atoms with Gasteiger partial charge in [-0.1, -0.05) is 0 Å². The molecule has 0 aliphatic heterocycles. The second kappa shape index (κ2) is 5.32. The van der Waals surface area contributed by atoms with E-state index in [1.807, 2.05) is 0 Å². The van der Waals surface area contributed by atoms with E-state index in [-0.39, 0.29) is 22.9 Å². The molecule has 0 fully saturated rings. The minimum absolute atomic E-state index is 0.0266. The molecule has 0 heterocycles. The van der Waals surface area contributed by atoms with Crippen LogP contribution in [0.3, 0.4) is 0 Å². The van der Waals surface area contributed by atoms with Crippen LogP contribution in [0, 0.1) is 0 Å². The fourth-order valence-corrected chi connectivity index (χ4v) is 1.66. The van der Waals surface area contributed by atoms with Crippen molar-refractivity contribution in [3.8, 4) is 5.75 Å². The number of sulfonamides is 1. The third-order valence-corrected chi connectivity index (χ3v) is 2.95. The Hall–Kier alpha value is -1.35. The smallest absolute Gasteiger partial charge is 0.238 e. The molecule has 1 rings (SSSR count). The van der Waals surface area contributed by atoms with E-state index in [1.54, 1.807) is 0 Å². The topological polar surface area (TPSA) is 133 Å². The molecule has 0 spiro atoms. The standard InChI is InChI=1S/C9H14N2O5S/c10-17(15,16)7-1-2-8(9(14)3-7)11-4-6(13)5-12/h1-3,6,11-14H,4-5H2,(H2,10,15,16). The van der Waals surface area contributed by atoms with Crippen LogP contribution in [0.15, 0.2) is 23.1 Å². The molecule has 6 N–H and O–H groups in total. The van der Waals surface area contributed by atoms with Gasteiger partial charge in [0.1, 0.15) is 5.75 Å². The molecule has 1 unspecified atom stereocenters. The lowest BCUT2D eigenvalue weighted by Crippen LogP contribution is -2.23. The Morgan fingerprint density at radius 3 is 2.53 bits per heavy atom. The summed E-state index contributed by atoms with van der Waals surface area (Å²) in [6.45, 7) is -0.387. The van der Waals surface area contributed by atoms with Gasteiger partial charge in [0.2, 0.25) is 10.0 Å². The van der Waals surface area contributed by atoms with Gasteiger partial charge in [-0.15, -0.1) is 0 Å². The summed E-state index contributed by atoms with van der Waals surface area (Å²) in [5.41, 5.74) is 0.241. The highest BCUT2D eigenvalue weighted by Crippen LogP contribution is 2.25. The van der Waals surface area contributed by atoms with Gasteiger partial charge in [-0.05, 0) is 12.1 Å². The van der Waals surface area contributed by atoms with E-state index in [0.717, 1.165) is 6.07 Å². The van der Waals surface area contributed by atoms with Crippen molar-refractivity contribution in [3.05, 3.63) is 18.2 Å². The number of benzene rings is 1. The third kappa shape index (κ3) is 3.86. The van der Waals surface area contributed by atoms with Crippen LogP contribution >= 0.6 is 0 Å². The number of hydrogen-bond donors (Lipinski definition) is 5. The van der Waals surface area contributed by atoms with Gasteiger partial charge >= 0.3 is 0 Å². The Labute approximate surface area is 98.6 Å². The van der Waals surface area contributed by atoms with Crippen molar-refractivity contribution >= 4 is 15.7 Å². The maximum absolute atomic E-state index is 11.0. The molecule has 0 bridgehead atoms. The molecule has 0 saturated carbocycles. The zero-order chi connectivity index (χ0) is 13.1. The fourth-order valence-electron chi connectivity index (χ4n) is 1.13. The van der Waals surface area contributed by atoms with Crippen molar-refractivity contribution in [2.75, 3.05) is 18.5 Å². The molecule has 8 heteroatoms. The third-order valence-electron chi connectivity index (χ3n) is 2.04. The maximum atomic E-state index is 11.0. The number of rotatable bonds is 5. The molecule has 0 aliphatic rings. The molecule has 0 radical (unpaired) electrons. The minimum Gasteiger partial charge on any atom is -0.506 e. The average Bonchev–Trinajstić information content (AvgIpc) is 2.25. The number of hydrogen-bond acceptors (Lipinski definition) is 6. The van der Waals surface area contributed by atoms with Crippen LogP contribution in [-0.4, -0.2) is 43.0 Å². The van der Waals surface area contributed by atoms with E-state index in [9.17, 15) is 13.5 Å². The highest BCUT2D eigenvalue weighted by molar-refractivity contribution is 7.89. The van der Waals surface area contributed by atoms with Gasteiger partial charge in [0, 0.05) is 12.6 Å². The summed E-state index contributed by atoms with van der Waals surface area (Å²) in [7, 11) is -3.86. The first-order valence-corrected chi connectivity index (χ1v) is 6.28. The number of phenols is 1. The van der Waals surface area contributed by atoms with Crippen LogP contribution in [0.5, 0.6) is 5.75 Å². The van der Waals surface area contributed by atoms with E-state index < -0.39 is 22.7 Å². The summed E-state index contributed by atoms with van der Waals surface area (Å²) in [4.78, 5) is -0.205. The number of aliphatic hydroxyl groups excluding tert-OH is 2. The Morgan fingerprint density at radius 2 is 2.06 bits per heavy atom. The largest absolute Gasteiger partial charge is 0.506 e. The average molecular weight is 262 g/mol. The highest BCUT2D eigenvalue weighted by Gasteiger charge is 2.11. The van der Waals surface area contributed by atoms with Gasteiger partial charge in [-0.3, -0.25) is 0 Å².